The average molecular weight is 511 g/mol. The molecule has 8 nitrogen and oxygen atoms in total. The molecule has 1 aromatic carbocycles. The molecule has 192 valence electrons. The van der Waals surface area contributed by atoms with E-state index >= 15 is 0 Å². The second kappa shape index (κ2) is 9.47. The molecule has 4 heterocycles. The Hall–Kier alpha value is -3.99. The Balaban J connectivity index is 1.57. The van der Waals surface area contributed by atoms with Crippen LogP contribution in [0.1, 0.15) is 41.0 Å². The van der Waals surface area contributed by atoms with Crippen molar-refractivity contribution in [1.29, 1.82) is 0 Å². The number of hydrogen-bond acceptors (Lipinski definition) is 7. The number of aromatic nitrogens is 3. The lowest BCUT2D eigenvalue weighted by molar-refractivity contribution is -0.137. The summed E-state index contributed by atoms with van der Waals surface area (Å²) >= 11 is 0. The van der Waals surface area contributed by atoms with Crippen molar-refractivity contribution in [1.82, 2.24) is 14.5 Å². The molecule has 37 heavy (non-hydrogen) atoms. The van der Waals surface area contributed by atoms with Gasteiger partial charge >= 0.3 is 6.18 Å². The predicted molar refractivity (Wildman–Crippen MR) is 136 cm³/mol. The summed E-state index contributed by atoms with van der Waals surface area (Å²) in [7, 11) is 0. The van der Waals surface area contributed by atoms with Gasteiger partial charge in [-0.05, 0) is 49.2 Å². The third-order valence-corrected chi connectivity index (χ3v) is 6.38. The number of nitrogens with zero attached hydrogens (tertiary/aromatic N) is 5. The number of alkyl halides is 3. The maximum Gasteiger partial charge on any atom is 0.416 e. The molecular formula is C26H25F3N6O2. The van der Waals surface area contributed by atoms with Gasteiger partial charge in [-0.25, -0.2) is 9.97 Å². The van der Waals surface area contributed by atoms with Crippen LogP contribution in [0, 0.1) is 6.92 Å². The summed E-state index contributed by atoms with van der Waals surface area (Å²) in [6.07, 6.45) is -0.943. The van der Waals surface area contributed by atoms with Gasteiger partial charge in [0, 0.05) is 37.0 Å². The molecule has 2 N–H and O–H groups in total. The lowest BCUT2D eigenvalue weighted by Crippen LogP contribution is -2.33. The molecule has 0 amide bonds. The number of pyridine rings is 1. The smallest absolute Gasteiger partial charge is 0.395 e. The number of aliphatic imine (C=N–C) groups is 1. The summed E-state index contributed by atoms with van der Waals surface area (Å²) in [5.41, 5.74) is 1.56. The third-order valence-electron chi connectivity index (χ3n) is 6.38. The third kappa shape index (κ3) is 4.74. The first-order valence-electron chi connectivity index (χ1n) is 11.8. The number of amidine groups is 1. The highest BCUT2D eigenvalue weighted by atomic mass is 19.4. The van der Waals surface area contributed by atoms with Crippen molar-refractivity contribution < 1.29 is 18.3 Å². The molecule has 3 aromatic rings. The second-order valence-corrected chi connectivity index (χ2v) is 8.93. The van der Waals surface area contributed by atoms with E-state index in [2.05, 4.69) is 20.3 Å². The molecular weight excluding hydrogens is 485 g/mol. The second-order valence-electron chi connectivity index (χ2n) is 8.93. The number of fused-ring (bicyclic) bond motifs is 3. The molecule has 0 radical (unpaired) electrons. The molecule has 1 unspecified atom stereocenters. The zero-order valence-electron chi connectivity index (χ0n) is 20.3. The standard InChI is InChI=1S/C26H25F3N6O2/c1-15(17-4-3-5-19(12-17)26(27,28)29)31-23-21-14-20(18-6-8-34(10-11-36)22(37)13-18)24-30-7-9-35(24)25(21)33-16(2)32-23/h3-6,8,12-15,36H,7,9-11H2,1-2H3,(H,31,32,33). The van der Waals surface area contributed by atoms with E-state index in [4.69, 9.17) is 0 Å². The molecule has 11 heteroatoms. The fraction of sp³-hybridized carbons (Fsp3) is 0.308. The van der Waals surface area contributed by atoms with E-state index < -0.39 is 17.8 Å². The van der Waals surface area contributed by atoms with Gasteiger partial charge in [0.2, 0.25) is 0 Å². The van der Waals surface area contributed by atoms with E-state index in [0.717, 1.165) is 17.7 Å². The molecule has 0 aliphatic carbocycles. The SMILES string of the molecule is Cc1nc(NC(C)c2cccc(C(F)(F)F)c2)c2c(n1)N1CCN=C1C(c1ccn(CCO)c(=O)c1)=C2. The summed E-state index contributed by atoms with van der Waals surface area (Å²) in [6.45, 7) is 4.73. The van der Waals surface area contributed by atoms with Gasteiger partial charge in [0.15, 0.2) is 0 Å². The van der Waals surface area contributed by atoms with Gasteiger partial charge in [-0.3, -0.25) is 9.79 Å². The first-order valence-corrected chi connectivity index (χ1v) is 11.8. The van der Waals surface area contributed by atoms with Crippen molar-refractivity contribution in [3.63, 3.8) is 0 Å². The van der Waals surface area contributed by atoms with Gasteiger partial charge in [-0.2, -0.15) is 13.2 Å². The van der Waals surface area contributed by atoms with Gasteiger partial charge in [0.25, 0.3) is 5.56 Å². The first kappa shape index (κ1) is 24.7. The summed E-state index contributed by atoms with van der Waals surface area (Å²) in [5.74, 6) is 2.33. The quantitative estimate of drug-likeness (QED) is 0.522. The molecule has 0 saturated carbocycles. The first-order chi connectivity index (χ1) is 17.7. The van der Waals surface area contributed by atoms with Crippen LogP contribution in [-0.2, 0) is 12.7 Å². The molecule has 0 bridgehead atoms. The van der Waals surface area contributed by atoms with Gasteiger partial charge in [-0.15, -0.1) is 0 Å². The number of nitrogens with one attached hydrogen (secondary N) is 1. The molecule has 2 aromatic heterocycles. The van der Waals surface area contributed by atoms with Crippen LogP contribution < -0.4 is 15.8 Å². The number of aryl methyl sites for hydroxylation is 1. The maximum atomic E-state index is 13.3. The lowest BCUT2D eigenvalue weighted by atomic mass is 9.98. The number of hydrogen-bond donors (Lipinski definition) is 2. The van der Waals surface area contributed by atoms with Crippen molar-refractivity contribution in [2.75, 3.05) is 29.9 Å². The molecule has 0 saturated heterocycles. The zero-order valence-corrected chi connectivity index (χ0v) is 20.3. The largest absolute Gasteiger partial charge is 0.416 e. The predicted octanol–water partition coefficient (Wildman–Crippen LogP) is 3.90. The Labute approximate surface area is 210 Å². The van der Waals surface area contributed by atoms with Crippen LogP contribution in [0.4, 0.5) is 24.8 Å². The van der Waals surface area contributed by atoms with E-state index in [0.29, 0.717) is 53.1 Å². The van der Waals surface area contributed by atoms with Crippen LogP contribution in [-0.4, -0.2) is 45.2 Å². The average Bonchev–Trinajstić information content (AvgIpc) is 3.35. The van der Waals surface area contributed by atoms with Crippen LogP contribution in [0.3, 0.4) is 0 Å². The summed E-state index contributed by atoms with van der Waals surface area (Å²) in [6, 6.07) is 8.02. The molecule has 1 atom stereocenters. The topological polar surface area (TPSA) is 95.6 Å². The van der Waals surface area contributed by atoms with E-state index in [1.807, 2.05) is 11.0 Å². The van der Waals surface area contributed by atoms with Crippen molar-refractivity contribution in [3.05, 3.63) is 81.0 Å². The van der Waals surface area contributed by atoms with Gasteiger partial charge in [-0.1, -0.05) is 12.1 Å². The minimum Gasteiger partial charge on any atom is -0.395 e. The minimum absolute atomic E-state index is 0.147. The van der Waals surface area contributed by atoms with Crippen LogP contribution in [0.5, 0.6) is 0 Å². The Bertz CT molecular complexity index is 1480. The Morgan fingerprint density at radius 3 is 2.73 bits per heavy atom. The summed E-state index contributed by atoms with van der Waals surface area (Å²) < 4.78 is 41.2. The molecule has 0 fully saturated rings. The number of rotatable bonds is 6. The molecule has 2 aliphatic heterocycles. The van der Waals surface area contributed by atoms with Crippen LogP contribution in [0.2, 0.25) is 0 Å². The Morgan fingerprint density at radius 1 is 1.19 bits per heavy atom. The highest BCUT2D eigenvalue weighted by Gasteiger charge is 2.33. The number of halogens is 3. The van der Waals surface area contributed by atoms with Crippen LogP contribution in [0.25, 0.3) is 11.6 Å². The molecule has 0 spiro atoms. The maximum absolute atomic E-state index is 13.3. The van der Waals surface area contributed by atoms with Crippen LogP contribution >= 0.6 is 0 Å². The summed E-state index contributed by atoms with van der Waals surface area (Å²) in [5, 5.41) is 12.5. The van der Waals surface area contributed by atoms with Crippen molar-refractivity contribution in [2.24, 2.45) is 4.99 Å². The Kier molecular flexibility index (Phi) is 6.32. The van der Waals surface area contributed by atoms with Crippen molar-refractivity contribution in [3.8, 4) is 0 Å². The van der Waals surface area contributed by atoms with Gasteiger partial charge < -0.3 is 19.9 Å². The lowest BCUT2D eigenvalue weighted by Gasteiger charge is -2.29. The van der Waals surface area contributed by atoms with E-state index in [-0.39, 0.29) is 18.7 Å². The number of benzene rings is 1. The van der Waals surface area contributed by atoms with Gasteiger partial charge in [0.05, 0.1) is 24.3 Å². The Morgan fingerprint density at radius 2 is 2.00 bits per heavy atom. The number of aliphatic hydroxyl groups excluding tert-OH is 1. The zero-order chi connectivity index (χ0) is 26.3. The van der Waals surface area contributed by atoms with Crippen molar-refractivity contribution in [2.45, 2.75) is 32.6 Å². The van der Waals surface area contributed by atoms with E-state index in [1.54, 1.807) is 32.2 Å². The molecule has 5 rings (SSSR count). The number of aliphatic hydroxyl groups is 1. The summed E-state index contributed by atoms with van der Waals surface area (Å²) in [4.78, 5) is 28.4. The molecule has 2 aliphatic rings. The fourth-order valence-corrected chi connectivity index (χ4v) is 4.56. The van der Waals surface area contributed by atoms with Gasteiger partial charge in [0.1, 0.15) is 23.3 Å². The highest BCUT2D eigenvalue weighted by molar-refractivity contribution is 6.36. The number of anilines is 2. The van der Waals surface area contributed by atoms with E-state index in [9.17, 15) is 23.1 Å². The fourth-order valence-electron chi connectivity index (χ4n) is 4.56. The van der Waals surface area contributed by atoms with Crippen LogP contribution in [0.15, 0.2) is 52.4 Å². The normalized spacial score (nSPS) is 15.6. The van der Waals surface area contributed by atoms with Crippen molar-refractivity contribution >= 4 is 29.1 Å². The monoisotopic (exact) mass is 510 g/mol. The van der Waals surface area contributed by atoms with E-state index in [1.165, 1.54) is 16.7 Å². The highest BCUT2D eigenvalue weighted by Crippen LogP contribution is 2.39. The minimum atomic E-state index is -4.44.